The van der Waals surface area contributed by atoms with Crippen molar-refractivity contribution in [1.29, 1.82) is 0 Å². The molecular weight excluding hydrogens is 351 g/mol. The van der Waals surface area contributed by atoms with Crippen LogP contribution in [0, 0.1) is 23.7 Å². The molecule has 1 aliphatic heterocycles. The number of hydrogen-bond donors (Lipinski definition) is 0. The molecule has 150 valence electrons. The van der Waals surface area contributed by atoms with E-state index in [1.165, 1.54) is 22.3 Å². The van der Waals surface area contributed by atoms with E-state index in [4.69, 9.17) is 4.52 Å². The van der Waals surface area contributed by atoms with Crippen LogP contribution in [0.2, 0.25) is 0 Å². The van der Waals surface area contributed by atoms with Crippen LogP contribution in [0.5, 0.6) is 0 Å². The van der Waals surface area contributed by atoms with Crippen molar-refractivity contribution in [3.8, 4) is 0 Å². The van der Waals surface area contributed by atoms with Crippen molar-refractivity contribution < 1.29 is 9.09 Å². The first-order valence-corrected chi connectivity index (χ1v) is 12.8. The summed E-state index contributed by atoms with van der Waals surface area (Å²) in [6, 6.07) is 0. The first-order chi connectivity index (χ1) is 12.8. The van der Waals surface area contributed by atoms with Crippen LogP contribution in [0.4, 0.5) is 0 Å². The first-order valence-electron chi connectivity index (χ1n) is 11.0. The Hall–Kier alpha value is -1.01. The Morgan fingerprint density at radius 3 is 1.89 bits per heavy atom. The van der Waals surface area contributed by atoms with Crippen LogP contribution >= 0.6 is 7.37 Å². The first kappa shape index (κ1) is 20.7. The lowest BCUT2D eigenvalue weighted by atomic mass is 9.72. The molecule has 0 N–H and O–H groups in total. The van der Waals surface area contributed by atoms with E-state index in [9.17, 15) is 4.57 Å². The van der Waals surface area contributed by atoms with E-state index in [-0.39, 0.29) is 11.8 Å². The molecule has 0 spiro atoms. The molecule has 27 heavy (non-hydrogen) atoms. The molecule has 0 aromatic rings. The minimum Gasteiger partial charge on any atom is -0.444 e. The summed E-state index contributed by atoms with van der Waals surface area (Å²) < 4.78 is 20.6. The second kappa shape index (κ2) is 7.78. The Morgan fingerprint density at radius 1 is 0.852 bits per heavy atom. The Morgan fingerprint density at radius 2 is 1.37 bits per heavy atom. The van der Waals surface area contributed by atoms with Crippen LogP contribution in [0.15, 0.2) is 45.5 Å². The minimum atomic E-state index is -2.83. The lowest BCUT2D eigenvalue weighted by molar-refractivity contribution is 0.340. The lowest BCUT2D eigenvalue weighted by Gasteiger charge is -2.44. The molecule has 5 atom stereocenters. The Kier molecular flexibility index (Phi) is 5.97. The van der Waals surface area contributed by atoms with E-state index < -0.39 is 7.37 Å². The zero-order valence-electron chi connectivity index (χ0n) is 18.3. The average Bonchev–Trinajstić information content (AvgIpc) is 2.63. The van der Waals surface area contributed by atoms with Gasteiger partial charge in [0.25, 0.3) is 7.37 Å². The standard InChI is InChI=1S/C24H37O2P/c1-8-11-19-13-15(4)21-22-16(5)14-20(12-9-2)18(7)24(22)27(25,10-3)26-23(21)17(19)6/h13-18H,8-12H2,1-7H3. The van der Waals surface area contributed by atoms with Gasteiger partial charge in [-0.2, -0.15) is 0 Å². The maximum Gasteiger partial charge on any atom is 0.273 e. The van der Waals surface area contributed by atoms with Crippen LogP contribution < -0.4 is 0 Å². The van der Waals surface area contributed by atoms with Crippen molar-refractivity contribution in [2.45, 2.75) is 74.1 Å². The lowest BCUT2D eigenvalue weighted by Crippen LogP contribution is -2.29. The Balaban J connectivity index is 2.17. The van der Waals surface area contributed by atoms with Crippen molar-refractivity contribution in [1.82, 2.24) is 0 Å². The highest BCUT2D eigenvalue weighted by atomic mass is 31.2. The van der Waals surface area contributed by atoms with Gasteiger partial charge in [-0.15, -0.1) is 0 Å². The number of hydrogen-bond acceptors (Lipinski definition) is 2. The molecule has 0 fully saturated rings. The average molecular weight is 389 g/mol. The molecule has 1 heterocycles. The second-order valence-corrected chi connectivity index (χ2v) is 11.3. The third kappa shape index (κ3) is 3.33. The van der Waals surface area contributed by atoms with E-state index in [1.807, 2.05) is 6.92 Å². The maximum atomic E-state index is 14.1. The van der Waals surface area contributed by atoms with E-state index in [1.54, 1.807) is 0 Å². The Bertz CT molecular complexity index is 780. The summed E-state index contributed by atoms with van der Waals surface area (Å²) in [7, 11) is -2.83. The molecule has 0 saturated carbocycles. The molecule has 5 unspecified atom stereocenters. The molecule has 0 aromatic heterocycles. The van der Waals surface area contributed by atoms with Gasteiger partial charge in [0.1, 0.15) is 5.76 Å². The molecule has 3 rings (SSSR count). The third-order valence-electron chi connectivity index (χ3n) is 6.69. The molecule has 2 nitrogen and oxygen atoms in total. The van der Waals surface area contributed by atoms with E-state index in [2.05, 4.69) is 53.7 Å². The van der Waals surface area contributed by atoms with Gasteiger partial charge in [-0.1, -0.05) is 84.6 Å². The molecule has 0 bridgehead atoms. The normalized spacial score (nSPS) is 36.0. The molecule has 0 aromatic carbocycles. The van der Waals surface area contributed by atoms with E-state index in [0.29, 0.717) is 18.0 Å². The summed E-state index contributed by atoms with van der Waals surface area (Å²) in [4.78, 5) is 0. The van der Waals surface area contributed by atoms with Gasteiger partial charge in [-0.05, 0) is 18.4 Å². The fourth-order valence-electron chi connectivity index (χ4n) is 5.35. The van der Waals surface area contributed by atoms with E-state index in [0.717, 1.165) is 36.8 Å². The van der Waals surface area contributed by atoms with Gasteiger partial charge in [0.05, 0.1) is 0 Å². The predicted octanol–water partition coefficient (Wildman–Crippen LogP) is 7.85. The molecule has 0 saturated heterocycles. The van der Waals surface area contributed by atoms with Crippen LogP contribution in [-0.4, -0.2) is 6.16 Å². The van der Waals surface area contributed by atoms with Crippen LogP contribution in [-0.2, 0) is 9.09 Å². The molecule has 0 radical (unpaired) electrons. The zero-order valence-corrected chi connectivity index (χ0v) is 19.2. The summed E-state index contributed by atoms with van der Waals surface area (Å²) in [6.07, 6.45) is 9.95. The molecule has 2 aliphatic carbocycles. The fraction of sp³-hybridized carbons (Fsp3) is 0.667. The van der Waals surface area contributed by atoms with Crippen molar-refractivity contribution in [3.05, 3.63) is 45.5 Å². The van der Waals surface area contributed by atoms with Crippen LogP contribution in [0.3, 0.4) is 0 Å². The molecular formula is C24H37O2P. The summed E-state index contributed by atoms with van der Waals surface area (Å²) in [5, 5.41) is 1.13. The van der Waals surface area contributed by atoms with Gasteiger partial charge in [-0.3, -0.25) is 4.57 Å². The molecule has 0 amide bonds. The zero-order chi connectivity index (χ0) is 19.9. The van der Waals surface area contributed by atoms with Gasteiger partial charge in [0.2, 0.25) is 0 Å². The highest BCUT2D eigenvalue weighted by molar-refractivity contribution is 7.63. The highest BCUT2D eigenvalue weighted by Crippen LogP contribution is 2.68. The summed E-state index contributed by atoms with van der Waals surface area (Å²) in [5.74, 6) is 2.16. The maximum absolute atomic E-state index is 14.1. The van der Waals surface area contributed by atoms with Crippen molar-refractivity contribution in [2.24, 2.45) is 23.7 Å². The van der Waals surface area contributed by atoms with Crippen molar-refractivity contribution in [2.75, 3.05) is 6.16 Å². The van der Waals surface area contributed by atoms with Gasteiger partial charge < -0.3 is 4.52 Å². The fourth-order valence-corrected chi connectivity index (χ4v) is 7.94. The Labute approximate surface area is 166 Å². The van der Waals surface area contributed by atoms with Gasteiger partial charge in [0.15, 0.2) is 0 Å². The minimum absolute atomic E-state index is 0.236. The summed E-state index contributed by atoms with van der Waals surface area (Å²) in [6.45, 7) is 15.5. The smallest absolute Gasteiger partial charge is 0.273 e. The van der Waals surface area contributed by atoms with Crippen molar-refractivity contribution in [3.63, 3.8) is 0 Å². The second-order valence-electron chi connectivity index (χ2n) is 8.66. The quantitative estimate of drug-likeness (QED) is 0.354. The molecule has 3 aliphatic rings. The SMILES string of the molecule is CCCC1=CC(C)C2=C(OP(=O)(CC)C3=C2C(C)C=C(CCC)C3C)C1C. The van der Waals surface area contributed by atoms with Crippen LogP contribution in [0.1, 0.15) is 74.1 Å². The number of rotatable bonds is 5. The van der Waals surface area contributed by atoms with Gasteiger partial charge >= 0.3 is 0 Å². The topological polar surface area (TPSA) is 26.3 Å². The molecule has 3 heteroatoms. The summed E-state index contributed by atoms with van der Waals surface area (Å²) in [5.41, 5.74) is 5.58. The number of fused-ring (bicyclic) bond motifs is 1. The number of allylic oxidation sites excluding steroid dienone is 7. The monoisotopic (exact) mass is 388 g/mol. The van der Waals surface area contributed by atoms with Gasteiger partial charge in [-0.25, -0.2) is 0 Å². The van der Waals surface area contributed by atoms with Gasteiger partial charge in [0, 0.05) is 40.7 Å². The van der Waals surface area contributed by atoms with Crippen LogP contribution in [0.25, 0.3) is 0 Å². The van der Waals surface area contributed by atoms with E-state index >= 15 is 0 Å². The highest BCUT2D eigenvalue weighted by Gasteiger charge is 2.47. The summed E-state index contributed by atoms with van der Waals surface area (Å²) >= 11 is 0. The predicted molar refractivity (Wildman–Crippen MR) is 116 cm³/mol. The largest absolute Gasteiger partial charge is 0.444 e. The van der Waals surface area contributed by atoms with Crippen molar-refractivity contribution >= 4 is 7.37 Å². The third-order valence-corrected chi connectivity index (χ3v) is 9.38.